The van der Waals surface area contributed by atoms with E-state index in [-0.39, 0.29) is 0 Å². The highest BCUT2D eigenvalue weighted by molar-refractivity contribution is 6.31. The molecule has 0 atom stereocenters. The van der Waals surface area contributed by atoms with Gasteiger partial charge in [-0.15, -0.1) is 0 Å². The number of anilines is 1. The quantitative estimate of drug-likeness (QED) is 0.546. The molecule has 0 fully saturated rings. The van der Waals surface area contributed by atoms with E-state index in [0.29, 0.717) is 6.54 Å². The highest BCUT2D eigenvalue weighted by Crippen LogP contribution is 2.24. The Labute approximate surface area is 171 Å². The van der Waals surface area contributed by atoms with Crippen LogP contribution in [0.1, 0.15) is 5.56 Å². The van der Waals surface area contributed by atoms with Crippen molar-refractivity contribution in [3.63, 3.8) is 0 Å². The van der Waals surface area contributed by atoms with Gasteiger partial charge in [-0.05, 0) is 35.4 Å². The summed E-state index contributed by atoms with van der Waals surface area (Å²) in [6.07, 6.45) is 1.85. The van der Waals surface area contributed by atoms with Crippen LogP contribution in [-0.2, 0) is 23.2 Å². The first-order valence-corrected chi connectivity index (χ1v) is 8.75. The number of imidazole rings is 1. The number of hydrogen-bond acceptors (Lipinski definition) is 4. The van der Waals surface area contributed by atoms with Crippen LogP contribution in [0.15, 0.2) is 54.7 Å². The first-order chi connectivity index (χ1) is 13.3. The molecule has 1 aromatic heterocycles. The van der Waals surface area contributed by atoms with Gasteiger partial charge >= 0.3 is 11.9 Å². The molecule has 0 bridgehead atoms. The fraction of sp³-hybridized carbons (Fsp3) is 0.105. The topological polar surface area (TPSA) is 104 Å². The maximum atomic E-state index is 9.10. The minimum Gasteiger partial charge on any atom is -0.473 e. The summed E-state index contributed by atoms with van der Waals surface area (Å²) in [4.78, 5) is 22.6. The largest absolute Gasteiger partial charge is 0.473 e. The van der Waals surface area contributed by atoms with Crippen LogP contribution >= 0.6 is 23.2 Å². The zero-order valence-electron chi connectivity index (χ0n) is 14.8. The lowest BCUT2D eigenvalue weighted by Crippen LogP contribution is -2.09. The molecule has 3 N–H and O–H groups in total. The summed E-state index contributed by atoms with van der Waals surface area (Å²) in [6, 6.07) is 15.5. The molecular weight excluding hydrogens is 405 g/mol. The number of aliphatic carboxylic acids is 2. The van der Waals surface area contributed by atoms with Crippen LogP contribution in [0.25, 0.3) is 11.3 Å². The first kappa shape index (κ1) is 21.3. The Balaban J connectivity index is 0.000000409. The average Bonchev–Trinajstić information content (AvgIpc) is 3.02. The van der Waals surface area contributed by atoms with Gasteiger partial charge < -0.3 is 20.1 Å². The molecule has 28 heavy (non-hydrogen) atoms. The number of nitrogens with one attached hydrogen (secondary N) is 1. The molecule has 0 spiro atoms. The van der Waals surface area contributed by atoms with Gasteiger partial charge in [-0.25, -0.2) is 14.6 Å². The highest BCUT2D eigenvalue weighted by atomic mass is 35.5. The highest BCUT2D eigenvalue weighted by Gasteiger charge is 2.08. The number of carboxylic acid groups (broad SMARTS) is 2. The van der Waals surface area contributed by atoms with Crippen LogP contribution in [0, 0.1) is 0 Å². The van der Waals surface area contributed by atoms with Gasteiger partial charge in [-0.2, -0.15) is 0 Å². The molecule has 0 saturated carbocycles. The summed E-state index contributed by atoms with van der Waals surface area (Å²) in [5.74, 6) is -2.84. The number of rotatable bonds is 4. The van der Waals surface area contributed by atoms with E-state index in [4.69, 9.17) is 43.0 Å². The molecule has 9 heteroatoms. The second kappa shape index (κ2) is 9.77. The van der Waals surface area contributed by atoms with E-state index in [1.165, 1.54) is 0 Å². The van der Waals surface area contributed by atoms with Gasteiger partial charge in [0.2, 0.25) is 5.95 Å². The number of hydrogen-bond donors (Lipinski definition) is 3. The molecule has 0 unspecified atom stereocenters. The Morgan fingerprint density at radius 1 is 1.04 bits per heavy atom. The maximum absolute atomic E-state index is 9.10. The van der Waals surface area contributed by atoms with Crippen molar-refractivity contribution < 1.29 is 19.8 Å². The Kier molecular flexibility index (Phi) is 7.43. The summed E-state index contributed by atoms with van der Waals surface area (Å²) >= 11 is 11.9. The van der Waals surface area contributed by atoms with Gasteiger partial charge in [0.15, 0.2) is 0 Å². The number of carboxylic acids is 2. The van der Waals surface area contributed by atoms with Crippen molar-refractivity contribution in [1.29, 1.82) is 0 Å². The molecule has 7 nitrogen and oxygen atoms in total. The van der Waals surface area contributed by atoms with E-state index >= 15 is 0 Å². The van der Waals surface area contributed by atoms with Crippen LogP contribution in [0.4, 0.5) is 5.95 Å². The molecule has 146 valence electrons. The summed E-state index contributed by atoms with van der Waals surface area (Å²) in [5.41, 5.74) is 3.23. The van der Waals surface area contributed by atoms with Crippen molar-refractivity contribution in [1.82, 2.24) is 9.55 Å². The van der Waals surface area contributed by atoms with E-state index in [2.05, 4.69) is 10.3 Å². The van der Waals surface area contributed by atoms with Crippen molar-refractivity contribution in [2.45, 2.75) is 6.54 Å². The van der Waals surface area contributed by atoms with Crippen LogP contribution in [0.2, 0.25) is 10.0 Å². The van der Waals surface area contributed by atoms with E-state index < -0.39 is 11.9 Å². The second-order valence-electron chi connectivity index (χ2n) is 5.63. The van der Waals surface area contributed by atoms with Crippen molar-refractivity contribution in [2.75, 3.05) is 5.32 Å². The van der Waals surface area contributed by atoms with Gasteiger partial charge in [0.1, 0.15) is 0 Å². The third-order valence-corrected chi connectivity index (χ3v) is 4.14. The zero-order valence-corrected chi connectivity index (χ0v) is 16.3. The molecule has 1 heterocycles. The van der Waals surface area contributed by atoms with Gasteiger partial charge in [-0.3, -0.25) is 0 Å². The Hall–Kier alpha value is -3.03. The van der Waals surface area contributed by atoms with Gasteiger partial charge in [0.25, 0.3) is 0 Å². The Bertz CT molecular complexity index is 960. The third kappa shape index (κ3) is 6.00. The minimum absolute atomic E-state index is 0.672. The smallest absolute Gasteiger partial charge is 0.414 e. The lowest BCUT2D eigenvalue weighted by atomic mass is 10.2. The number of halogens is 2. The predicted molar refractivity (Wildman–Crippen MR) is 108 cm³/mol. The Morgan fingerprint density at radius 3 is 2.25 bits per heavy atom. The summed E-state index contributed by atoms with van der Waals surface area (Å²) in [5, 5.41) is 19.6. The zero-order chi connectivity index (χ0) is 20.7. The fourth-order valence-electron chi connectivity index (χ4n) is 2.29. The standard InChI is InChI=1S/C17H15Cl2N3.C2H2O4/c1-22-16(13-5-7-14(18)8-6-13)11-21-17(22)20-10-12-3-2-4-15(19)9-12;3-1(4)2(5)6/h2-9,11H,10H2,1H3,(H,20,21);(H,3,4)(H,5,6). The molecular formula is C19H17Cl2N3O4. The predicted octanol–water partition coefficient (Wildman–Crippen LogP) is 4.16. The van der Waals surface area contributed by atoms with Gasteiger partial charge in [0.05, 0.1) is 11.9 Å². The summed E-state index contributed by atoms with van der Waals surface area (Å²) in [7, 11) is 1.98. The van der Waals surface area contributed by atoms with Crippen LogP contribution in [0.3, 0.4) is 0 Å². The summed E-state index contributed by atoms with van der Waals surface area (Å²) in [6.45, 7) is 0.672. The molecule has 0 saturated heterocycles. The van der Waals surface area contributed by atoms with Crippen LogP contribution in [0.5, 0.6) is 0 Å². The molecule has 0 aliphatic carbocycles. The molecule has 3 rings (SSSR count). The molecule has 0 amide bonds. The Morgan fingerprint density at radius 2 is 1.68 bits per heavy atom. The monoisotopic (exact) mass is 421 g/mol. The maximum Gasteiger partial charge on any atom is 0.414 e. The number of benzene rings is 2. The van der Waals surface area contributed by atoms with E-state index in [0.717, 1.165) is 32.8 Å². The summed E-state index contributed by atoms with van der Waals surface area (Å²) < 4.78 is 2.02. The van der Waals surface area contributed by atoms with E-state index in [9.17, 15) is 0 Å². The second-order valence-corrected chi connectivity index (χ2v) is 6.50. The first-order valence-electron chi connectivity index (χ1n) is 8.00. The lowest BCUT2D eigenvalue weighted by Gasteiger charge is -2.09. The van der Waals surface area contributed by atoms with Gasteiger partial charge in [-0.1, -0.05) is 47.5 Å². The molecule has 2 aromatic carbocycles. The number of carbonyl (C=O) groups is 2. The lowest BCUT2D eigenvalue weighted by molar-refractivity contribution is -0.159. The van der Waals surface area contributed by atoms with Crippen LogP contribution < -0.4 is 5.32 Å². The average molecular weight is 422 g/mol. The van der Waals surface area contributed by atoms with Crippen molar-refractivity contribution in [2.24, 2.45) is 7.05 Å². The normalized spacial score (nSPS) is 9.96. The minimum atomic E-state index is -1.82. The van der Waals surface area contributed by atoms with Gasteiger partial charge in [0, 0.05) is 23.6 Å². The fourth-order valence-corrected chi connectivity index (χ4v) is 2.63. The SMILES string of the molecule is Cn1c(-c2ccc(Cl)cc2)cnc1NCc1cccc(Cl)c1.O=C(O)C(=O)O. The van der Waals surface area contributed by atoms with E-state index in [1.54, 1.807) is 0 Å². The third-order valence-electron chi connectivity index (χ3n) is 3.65. The molecule has 0 radical (unpaired) electrons. The molecule has 0 aliphatic rings. The van der Waals surface area contributed by atoms with Crippen molar-refractivity contribution >= 4 is 41.1 Å². The van der Waals surface area contributed by atoms with Crippen molar-refractivity contribution in [3.8, 4) is 11.3 Å². The van der Waals surface area contributed by atoms with Crippen molar-refractivity contribution in [3.05, 3.63) is 70.3 Å². The number of aromatic nitrogens is 2. The van der Waals surface area contributed by atoms with E-state index in [1.807, 2.05) is 66.3 Å². The van der Waals surface area contributed by atoms with Crippen LogP contribution in [-0.4, -0.2) is 31.7 Å². The number of nitrogens with zero attached hydrogens (tertiary/aromatic N) is 2. The molecule has 0 aliphatic heterocycles. The molecule has 3 aromatic rings.